The van der Waals surface area contributed by atoms with Gasteiger partial charge >= 0.3 is 148 Å². The van der Waals surface area contributed by atoms with E-state index in [1.807, 2.05) is 0 Å². The zero-order valence-electron chi connectivity index (χ0n) is 11.3. The van der Waals surface area contributed by atoms with E-state index in [9.17, 15) is 0 Å². The molecule has 0 heterocycles. The molecule has 0 amide bonds. The first-order chi connectivity index (χ1) is 7.07. The minimum Gasteiger partial charge on any atom is -0.444 e. The van der Waals surface area contributed by atoms with Gasteiger partial charge in [0.15, 0.2) is 0 Å². The molecule has 0 atom stereocenters. The van der Waals surface area contributed by atoms with Crippen LogP contribution in [0.5, 0.6) is 0 Å². The quantitative estimate of drug-likeness (QED) is 0.227. The van der Waals surface area contributed by atoms with Gasteiger partial charge in [-0.25, -0.2) is 0 Å². The minimum atomic E-state index is 0. The standard InChI is InChI=1S/5HNO2.5Na/c5*2-1-3;;;;;/h5*(H,2,3);;;;;/q;;;;;5*+1/p-5. The first-order valence-electron chi connectivity index (χ1n) is 1.83. The molecule has 15 nitrogen and oxygen atoms in total. The van der Waals surface area contributed by atoms with Gasteiger partial charge in [-0.05, 0) is 0 Å². The van der Waals surface area contributed by atoms with E-state index in [0.717, 1.165) is 26.7 Å². The zero-order chi connectivity index (χ0) is 13.5. The van der Waals surface area contributed by atoms with Gasteiger partial charge < -0.3 is 50.6 Å². The Bertz CT molecular complexity index is 102. The van der Waals surface area contributed by atoms with Crippen LogP contribution in [0.15, 0.2) is 26.7 Å². The fourth-order valence-electron chi connectivity index (χ4n) is 0. The van der Waals surface area contributed by atoms with Gasteiger partial charge in [0.25, 0.3) is 0 Å². The molecule has 0 saturated heterocycles. The molecule has 90 valence electrons. The molecule has 20 heavy (non-hydrogen) atoms. The Hall–Kier alpha value is 2.00. The van der Waals surface area contributed by atoms with Crippen LogP contribution in [-0.4, -0.2) is 0 Å². The first-order valence-corrected chi connectivity index (χ1v) is 1.83. The second-order valence-corrected chi connectivity index (χ2v) is 0.373. The van der Waals surface area contributed by atoms with Crippen molar-refractivity contribution in [3.05, 3.63) is 50.6 Å². The topological polar surface area (TPSA) is 262 Å². The van der Waals surface area contributed by atoms with Gasteiger partial charge in [-0.2, -0.15) is 0 Å². The maximum Gasteiger partial charge on any atom is 1.00 e. The average molecular weight is 345 g/mol. The second kappa shape index (κ2) is 171. The summed E-state index contributed by atoms with van der Waals surface area (Å²) in [6, 6.07) is 0. The smallest absolute Gasteiger partial charge is 0.444 e. The van der Waals surface area contributed by atoms with Crippen LogP contribution < -0.4 is 148 Å². The summed E-state index contributed by atoms with van der Waals surface area (Å²) in [5.41, 5.74) is 0. The molecule has 0 bridgehead atoms. The largest absolute Gasteiger partial charge is 1.00 e. The van der Waals surface area contributed by atoms with Crippen molar-refractivity contribution in [3.63, 3.8) is 0 Å². The van der Waals surface area contributed by atoms with E-state index in [1.165, 1.54) is 0 Å². The zero-order valence-corrected chi connectivity index (χ0v) is 21.3. The van der Waals surface area contributed by atoms with Gasteiger partial charge in [0.1, 0.15) is 0 Å². The number of hydrogen-bond acceptors (Lipinski definition) is 15. The third kappa shape index (κ3) is 1810. The Morgan fingerprint density at radius 3 is 0.350 bits per heavy atom. The Kier molecular flexibility index (Phi) is 578. The third-order valence-electron chi connectivity index (χ3n) is 0. The molecular weight excluding hydrogens is 345 g/mol. The van der Waals surface area contributed by atoms with Crippen molar-refractivity contribution < 1.29 is 148 Å². The van der Waals surface area contributed by atoms with Crippen molar-refractivity contribution >= 4 is 0 Å². The van der Waals surface area contributed by atoms with Crippen molar-refractivity contribution in [3.8, 4) is 0 Å². The van der Waals surface area contributed by atoms with Crippen LogP contribution in [0.25, 0.3) is 0 Å². The van der Waals surface area contributed by atoms with Crippen LogP contribution in [0.4, 0.5) is 0 Å². The fraction of sp³-hybridized carbons (Fsp3) is 0. The van der Waals surface area contributed by atoms with Crippen molar-refractivity contribution in [2.45, 2.75) is 0 Å². The van der Waals surface area contributed by atoms with Crippen LogP contribution in [0.1, 0.15) is 0 Å². The summed E-state index contributed by atoms with van der Waals surface area (Å²) >= 11 is 0. The van der Waals surface area contributed by atoms with Crippen molar-refractivity contribution in [1.29, 1.82) is 0 Å². The summed E-state index contributed by atoms with van der Waals surface area (Å²) in [5, 5.41) is 45.0. The fourth-order valence-corrected chi connectivity index (χ4v) is 0. The van der Waals surface area contributed by atoms with E-state index in [4.69, 9.17) is 50.6 Å². The summed E-state index contributed by atoms with van der Waals surface area (Å²) in [6.45, 7) is 0. The summed E-state index contributed by atoms with van der Waals surface area (Å²) in [6.07, 6.45) is 0. The molecule has 0 fully saturated rings. The molecule has 0 aliphatic carbocycles. The molecule has 0 rings (SSSR count). The van der Waals surface area contributed by atoms with Crippen LogP contribution in [0.2, 0.25) is 0 Å². The van der Waals surface area contributed by atoms with Crippen LogP contribution >= 0.6 is 0 Å². The van der Waals surface area contributed by atoms with Gasteiger partial charge in [0.05, 0.1) is 0 Å². The normalized spacial score (nSPS) is 3.00. The minimum absolute atomic E-state index is 0. The molecule has 20 heteroatoms. The summed E-state index contributed by atoms with van der Waals surface area (Å²) in [5.74, 6) is 0. The summed E-state index contributed by atoms with van der Waals surface area (Å²) in [7, 11) is 0. The van der Waals surface area contributed by atoms with Crippen molar-refractivity contribution in [1.82, 2.24) is 0 Å². The van der Waals surface area contributed by atoms with Gasteiger partial charge in [-0.1, -0.05) is 0 Å². The average Bonchev–Trinajstić information content (AvgIpc) is 2.09. The van der Waals surface area contributed by atoms with Crippen molar-refractivity contribution in [2.24, 2.45) is 26.7 Å². The van der Waals surface area contributed by atoms with E-state index in [2.05, 4.69) is 0 Å². The Morgan fingerprint density at radius 1 is 0.350 bits per heavy atom. The Balaban J connectivity index is -0.00000000735. The predicted molar refractivity (Wildman–Crippen MR) is 45.8 cm³/mol. The van der Waals surface area contributed by atoms with E-state index in [-0.39, 0.29) is 148 Å². The molecule has 0 spiro atoms. The van der Waals surface area contributed by atoms with Gasteiger partial charge in [0, 0.05) is 0 Å². The van der Waals surface area contributed by atoms with Gasteiger partial charge in [-0.3, -0.25) is 0 Å². The third-order valence-corrected chi connectivity index (χ3v) is 0. The van der Waals surface area contributed by atoms with Crippen molar-refractivity contribution in [2.75, 3.05) is 0 Å². The van der Waals surface area contributed by atoms with E-state index >= 15 is 0 Å². The summed E-state index contributed by atoms with van der Waals surface area (Å²) < 4.78 is 0. The number of nitrogens with zero attached hydrogens (tertiary/aromatic N) is 5. The molecule has 0 aliphatic rings. The van der Waals surface area contributed by atoms with Crippen LogP contribution in [0.3, 0.4) is 0 Å². The van der Waals surface area contributed by atoms with E-state index < -0.39 is 0 Å². The Morgan fingerprint density at radius 2 is 0.350 bits per heavy atom. The molecule has 0 saturated carbocycles. The maximum absolute atomic E-state index is 8.00. The van der Waals surface area contributed by atoms with Crippen LogP contribution in [0, 0.1) is 50.6 Å². The van der Waals surface area contributed by atoms with Gasteiger partial charge in [0.2, 0.25) is 0 Å². The Labute approximate surface area is 221 Å². The SMILES string of the molecule is O=N[O-].O=N[O-].O=N[O-].O=N[O-].O=N[O-].[Na+].[Na+].[Na+].[Na+].[Na+]. The molecule has 0 aromatic heterocycles. The molecule has 0 aromatic rings. The van der Waals surface area contributed by atoms with E-state index in [1.54, 1.807) is 0 Å². The summed E-state index contributed by atoms with van der Waals surface area (Å²) in [4.78, 5) is 40.0. The number of hydrogen-bond donors (Lipinski definition) is 0. The van der Waals surface area contributed by atoms with Crippen LogP contribution in [-0.2, 0) is 0 Å². The number of rotatable bonds is 0. The molecule has 0 aliphatic heterocycles. The molecule has 0 unspecified atom stereocenters. The molecule has 0 N–H and O–H groups in total. The second-order valence-electron chi connectivity index (χ2n) is 0.373. The monoisotopic (exact) mass is 345 g/mol. The predicted octanol–water partition coefficient (Wildman–Crippen LogP) is -13.7. The molecule has 0 aromatic carbocycles. The molecular formula is N5Na5O10. The molecule has 0 radical (unpaired) electrons. The van der Waals surface area contributed by atoms with E-state index in [0.29, 0.717) is 0 Å². The maximum atomic E-state index is 8.00. The van der Waals surface area contributed by atoms with Gasteiger partial charge in [-0.15, -0.1) is 26.7 Å². The first kappa shape index (κ1) is 67.4.